The third kappa shape index (κ3) is 5.37. The number of fused-ring (bicyclic) bond motifs is 2. The molecule has 0 radical (unpaired) electrons. The molecule has 0 saturated heterocycles. The van der Waals surface area contributed by atoms with Crippen molar-refractivity contribution in [1.82, 2.24) is 0 Å². The zero-order valence-electron chi connectivity index (χ0n) is 19.0. The number of anilines is 2. The van der Waals surface area contributed by atoms with Gasteiger partial charge in [0, 0.05) is 0 Å². The summed E-state index contributed by atoms with van der Waals surface area (Å²) < 4.78 is 4.39. The number of benzene rings is 2. The second kappa shape index (κ2) is 10.9. The summed E-state index contributed by atoms with van der Waals surface area (Å²) in [7, 11) is 0. The van der Waals surface area contributed by atoms with Gasteiger partial charge in [-0.3, -0.25) is 11.5 Å². The van der Waals surface area contributed by atoms with Gasteiger partial charge in [0.2, 0.25) is 0 Å². The molecule has 0 atom stereocenters. The van der Waals surface area contributed by atoms with Crippen LogP contribution in [-0.4, -0.2) is 0 Å². The summed E-state index contributed by atoms with van der Waals surface area (Å²) in [6, 6.07) is 21.0. The first-order valence-corrected chi connectivity index (χ1v) is 12.1. The molecule has 166 valence electrons. The average Bonchev–Trinajstić information content (AvgIpc) is 2.83. The molecule has 4 nitrogen and oxygen atoms in total. The molecular formula is C28H36N4+2. The molecule has 2 aromatic heterocycles. The number of nitrogens with zero attached hydrogens (tertiary/aromatic N) is 2. The van der Waals surface area contributed by atoms with Crippen molar-refractivity contribution in [1.29, 1.82) is 0 Å². The topological polar surface area (TPSA) is 59.8 Å². The first kappa shape index (κ1) is 22.1. The molecule has 0 aliphatic heterocycles. The predicted molar refractivity (Wildman–Crippen MR) is 134 cm³/mol. The lowest BCUT2D eigenvalue weighted by atomic mass is 10.1. The third-order valence-corrected chi connectivity index (χ3v) is 6.51. The number of nitrogens with two attached hydrogens (primary N) is 2. The van der Waals surface area contributed by atoms with Crippen LogP contribution in [-0.2, 0) is 13.1 Å². The number of hydrogen-bond donors (Lipinski definition) is 2. The molecular weight excluding hydrogens is 392 g/mol. The number of nitrogen functional groups attached to an aromatic ring is 2. The molecule has 4 N–H and O–H groups in total. The van der Waals surface area contributed by atoms with Gasteiger partial charge in [-0.05, 0) is 60.7 Å². The minimum atomic E-state index is 0.882. The number of hydrogen-bond acceptors (Lipinski definition) is 2. The van der Waals surface area contributed by atoms with Crippen LogP contribution in [0.25, 0.3) is 21.5 Å². The Hall–Kier alpha value is -3.14. The fourth-order valence-electron chi connectivity index (χ4n) is 4.58. The van der Waals surface area contributed by atoms with Crippen LogP contribution < -0.4 is 20.6 Å². The van der Waals surface area contributed by atoms with Crippen molar-refractivity contribution in [3.05, 3.63) is 73.1 Å². The maximum absolute atomic E-state index is 6.36. The Morgan fingerprint density at radius 2 is 0.844 bits per heavy atom. The Balaban J connectivity index is 1.09. The molecule has 2 heterocycles. The van der Waals surface area contributed by atoms with E-state index in [1.165, 1.54) is 62.1 Å². The van der Waals surface area contributed by atoms with Crippen LogP contribution in [0.4, 0.5) is 11.6 Å². The highest BCUT2D eigenvalue weighted by Gasteiger charge is 2.10. The Morgan fingerprint density at radius 3 is 1.28 bits per heavy atom. The lowest BCUT2D eigenvalue weighted by Gasteiger charge is -2.07. The third-order valence-electron chi connectivity index (χ3n) is 6.51. The molecule has 0 saturated carbocycles. The molecule has 4 aromatic rings. The van der Waals surface area contributed by atoms with Crippen molar-refractivity contribution in [2.24, 2.45) is 0 Å². The minimum absolute atomic E-state index is 0.882. The van der Waals surface area contributed by atoms with Crippen LogP contribution in [0.15, 0.2) is 73.1 Å². The van der Waals surface area contributed by atoms with Gasteiger partial charge in [0.1, 0.15) is 0 Å². The van der Waals surface area contributed by atoms with Crippen LogP contribution in [0.3, 0.4) is 0 Å². The average molecular weight is 429 g/mol. The Kier molecular flexibility index (Phi) is 7.55. The molecule has 32 heavy (non-hydrogen) atoms. The summed E-state index contributed by atoms with van der Waals surface area (Å²) in [6.45, 7) is 2.00. The molecule has 0 aliphatic rings. The lowest BCUT2D eigenvalue weighted by molar-refractivity contribution is -0.682. The molecule has 0 spiro atoms. The molecule has 2 aromatic carbocycles. The van der Waals surface area contributed by atoms with E-state index in [0.717, 1.165) is 35.5 Å². The van der Waals surface area contributed by atoms with E-state index in [1.54, 1.807) is 0 Å². The number of rotatable bonds is 11. The summed E-state index contributed by atoms with van der Waals surface area (Å²) in [5.41, 5.74) is 12.7. The van der Waals surface area contributed by atoms with Crippen molar-refractivity contribution in [3.8, 4) is 0 Å². The zero-order valence-corrected chi connectivity index (χ0v) is 19.0. The molecule has 0 unspecified atom stereocenters. The Bertz CT molecular complexity index is 1080. The van der Waals surface area contributed by atoms with E-state index in [9.17, 15) is 0 Å². The van der Waals surface area contributed by atoms with Gasteiger partial charge in [0.05, 0.1) is 36.3 Å². The number of unbranched alkanes of at least 4 members (excludes halogenated alkanes) is 7. The lowest BCUT2D eigenvalue weighted by Crippen LogP contribution is -2.36. The summed E-state index contributed by atoms with van der Waals surface area (Å²) in [4.78, 5) is 0. The number of aromatic nitrogens is 2. The Morgan fingerprint density at radius 1 is 0.469 bits per heavy atom. The van der Waals surface area contributed by atoms with Crippen LogP contribution in [0.5, 0.6) is 0 Å². The smallest absolute Gasteiger partial charge is 0.280 e. The van der Waals surface area contributed by atoms with E-state index in [1.807, 2.05) is 0 Å². The summed E-state index contributed by atoms with van der Waals surface area (Å²) in [6.07, 6.45) is 14.4. The van der Waals surface area contributed by atoms with E-state index in [4.69, 9.17) is 11.5 Å². The fraction of sp³-hybridized carbons (Fsp3) is 0.357. The van der Waals surface area contributed by atoms with Crippen LogP contribution in [0.1, 0.15) is 51.4 Å². The standard InChI is InChI=1S/C28H34N4/c29-27-25-15-9-7-13-23(25)17-21-31(27)19-11-5-3-1-2-4-6-12-20-32-22-18-24-14-8-10-16-26(24)28(32)30/h7-10,13-18,21-22,29-30H,1-6,11-12,19-20H2/p+2. The van der Waals surface area contributed by atoms with E-state index >= 15 is 0 Å². The first-order chi connectivity index (χ1) is 15.7. The molecule has 4 rings (SSSR count). The van der Waals surface area contributed by atoms with Crippen molar-refractivity contribution >= 4 is 33.2 Å². The minimum Gasteiger partial charge on any atom is -0.286 e. The van der Waals surface area contributed by atoms with Gasteiger partial charge in [0.25, 0.3) is 11.6 Å². The molecule has 4 heteroatoms. The van der Waals surface area contributed by atoms with E-state index in [2.05, 4.69) is 82.2 Å². The van der Waals surface area contributed by atoms with E-state index in [-0.39, 0.29) is 0 Å². The monoisotopic (exact) mass is 428 g/mol. The van der Waals surface area contributed by atoms with Gasteiger partial charge in [-0.2, -0.15) is 0 Å². The van der Waals surface area contributed by atoms with Crippen LogP contribution in [0, 0.1) is 0 Å². The van der Waals surface area contributed by atoms with Crippen molar-refractivity contribution in [2.45, 2.75) is 64.5 Å². The molecule has 0 bridgehead atoms. The molecule has 0 aliphatic carbocycles. The van der Waals surface area contributed by atoms with Crippen molar-refractivity contribution in [2.75, 3.05) is 11.5 Å². The van der Waals surface area contributed by atoms with E-state index in [0.29, 0.717) is 0 Å². The Labute approximate surface area is 191 Å². The largest absolute Gasteiger partial charge is 0.286 e. The molecule has 0 amide bonds. The highest BCUT2D eigenvalue weighted by molar-refractivity contribution is 5.89. The highest BCUT2D eigenvalue weighted by atomic mass is 15.0. The number of pyridine rings is 2. The van der Waals surface area contributed by atoms with Gasteiger partial charge >= 0.3 is 0 Å². The van der Waals surface area contributed by atoms with Crippen molar-refractivity contribution in [3.63, 3.8) is 0 Å². The fourth-order valence-corrected chi connectivity index (χ4v) is 4.58. The van der Waals surface area contributed by atoms with Gasteiger partial charge in [0.15, 0.2) is 0 Å². The van der Waals surface area contributed by atoms with Gasteiger partial charge in [-0.1, -0.05) is 62.1 Å². The summed E-state index contributed by atoms with van der Waals surface area (Å²) >= 11 is 0. The second-order valence-corrected chi connectivity index (χ2v) is 8.79. The van der Waals surface area contributed by atoms with Gasteiger partial charge in [-0.25, -0.2) is 9.13 Å². The molecule has 0 fully saturated rings. The van der Waals surface area contributed by atoms with Gasteiger partial charge in [-0.15, -0.1) is 0 Å². The highest BCUT2D eigenvalue weighted by Crippen LogP contribution is 2.18. The van der Waals surface area contributed by atoms with Gasteiger partial charge < -0.3 is 0 Å². The van der Waals surface area contributed by atoms with Crippen LogP contribution in [0.2, 0.25) is 0 Å². The normalized spacial score (nSPS) is 11.4. The maximum atomic E-state index is 6.36. The maximum Gasteiger partial charge on any atom is 0.280 e. The quantitative estimate of drug-likeness (QED) is 0.243. The zero-order chi connectivity index (χ0) is 22.2. The summed E-state index contributed by atoms with van der Waals surface area (Å²) in [5, 5.41) is 4.73. The van der Waals surface area contributed by atoms with Crippen molar-refractivity contribution < 1.29 is 9.13 Å². The van der Waals surface area contributed by atoms with E-state index < -0.39 is 0 Å². The predicted octanol–water partition coefficient (Wildman–Crippen LogP) is 5.55. The second-order valence-electron chi connectivity index (χ2n) is 8.79. The SMILES string of the molecule is Nc1c2ccccc2cc[n+]1CCCCCCCCCC[n+]1ccc2ccccc2c1N. The first-order valence-electron chi connectivity index (χ1n) is 12.1. The van der Waals surface area contributed by atoms with Crippen LogP contribution >= 0.6 is 0 Å². The summed E-state index contributed by atoms with van der Waals surface area (Å²) in [5.74, 6) is 1.76. The number of aryl methyl sites for hydroxylation is 2.